The third kappa shape index (κ3) is 5.39. The summed E-state index contributed by atoms with van der Waals surface area (Å²) in [6.07, 6.45) is 2.00. The van der Waals surface area contributed by atoms with Crippen molar-refractivity contribution in [3.63, 3.8) is 0 Å². The first kappa shape index (κ1) is 24.7. The van der Waals surface area contributed by atoms with E-state index in [1.807, 2.05) is 78.7 Å². The Bertz CT molecular complexity index is 1530. The summed E-state index contributed by atoms with van der Waals surface area (Å²) in [5.41, 5.74) is 3.75. The Labute approximate surface area is 220 Å². The number of guanidine groups is 1. The summed E-state index contributed by atoms with van der Waals surface area (Å²) in [4.78, 5) is 26.4. The topological polar surface area (TPSA) is 96.7 Å². The second-order valence-electron chi connectivity index (χ2n) is 8.98. The second kappa shape index (κ2) is 11.0. The summed E-state index contributed by atoms with van der Waals surface area (Å²) >= 11 is 0. The van der Waals surface area contributed by atoms with E-state index in [0.29, 0.717) is 37.0 Å². The highest BCUT2D eigenvalue weighted by atomic mass is 19.1. The summed E-state index contributed by atoms with van der Waals surface area (Å²) in [5, 5.41) is 15.9. The van der Waals surface area contributed by atoms with Gasteiger partial charge in [0.05, 0.1) is 17.2 Å². The smallest absolute Gasteiger partial charge is 0.322 e. The highest BCUT2D eigenvalue weighted by Crippen LogP contribution is 2.29. The number of aryl methyl sites for hydroxylation is 1. The minimum absolute atomic E-state index is 0.327. The molecule has 0 bridgehead atoms. The van der Waals surface area contributed by atoms with E-state index >= 15 is 0 Å². The van der Waals surface area contributed by atoms with Crippen LogP contribution in [-0.2, 0) is 0 Å². The number of nitriles is 1. The Balaban J connectivity index is 1.46. The number of fused-ring (bicyclic) bond motifs is 1. The lowest BCUT2D eigenvalue weighted by molar-refractivity contribution is 0.135. The molecule has 1 aliphatic heterocycles. The van der Waals surface area contributed by atoms with Crippen molar-refractivity contribution in [3.8, 4) is 6.19 Å². The van der Waals surface area contributed by atoms with Crippen LogP contribution in [0.15, 0.2) is 89.9 Å². The maximum atomic E-state index is 13.7. The summed E-state index contributed by atoms with van der Waals surface area (Å²) in [6, 6.07) is 24.5. The molecule has 38 heavy (non-hydrogen) atoms. The van der Waals surface area contributed by atoms with Crippen LogP contribution in [0.2, 0.25) is 0 Å². The van der Waals surface area contributed by atoms with Gasteiger partial charge in [0, 0.05) is 36.4 Å². The van der Waals surface area contributed by atoms with Crippen LogP contribution < -0.4 is 10.6 Å². The van der Waals surface area contributed by atoms with Crippen LogP contribution in [0.4, 0.5) is 20.6 Å². The van der Waals surface area contributed by atoms with E-state index in [1.54, 1.807) is 17.0 Å². The number of hydrogen-bond donors (Lipinski definition) is 2. The predicted molar refractivity (Wildman–Crippen MR) is 145 cm³/mol. The molecule has 0 radical (unpaired) electrons. The lowest BCUT2D eigenvalue weighted by Crippen LogP contribution is -2.55. The molecule has 0 aliphatic carbocycles. The van der Waals surface area contributed by atoms with Crippen molar-refractivity contribution >= 4 is 34.3 Å². The Morgan fingerprint density at radius 3 is 2.66 bits per heavy atom. The van der Waals surface area contributed by atoms with E-state index in [2.05, 4.69) is 15.6 Å². The fourth-order valence-corrected chi connectivity index (χ4v) is 4.62. The van der Waals surface area contributed by atoms with Gasteiger partial charge in [-0.3, -0.25) is 10.3 Å². The van der Waals surface area contributed by atoms with Crippen LogP contribution in [0.3, 0.4) is 0 Å². The maximum absolute atomic E-state index is 13.7. The Morgan fingerprint density at radius 2 is 1.87 bits per heavy atom. The van der Waals surface area contributed by atoms with Crippen LogP contribution in [0.25, 0.3) is 10.9 Å². The highest BCUT2D eigenvalue weighted by Gasteiger charge is 2.33. The van der Waals surface area contributed by atoms with Crippen molar-refractivity contribution in [1.82, 2.24) is 20.1 Å². The zero-order chi connectivity index (χ0) is 26.5. The van der Waals surface area contributed by atoms with Gasteiger partial charge < -0.3 is 15.1 Å². The minimum atomic E-state index is -0.422. The molecule has 1 aromatic heterocycles. The molecule has 190 valence electrons. The molecular weight excluding hydrogens is 481 g/mol. The standard InChI is InChI=1S/C29H26FN7O/c1-20-13-14-24-25(33-20)11-6-12-26(24)35-28(32-19-31)36-15-16-37(27(18-36)21-7-3-2-4-8-21)29(38)34-23-10-5-9-22(30)17-23/h2-14,17,27H,15-16,18H2,1H3,(H,32,35)(H,34,38). The molecule has 4 aromatic rings. The third-order valence-corrected chi connectivity index (χ3v) is 6.44. The van der Waals surface area contributed by atoms with Gasteiger partial charge in [0.1, 0.15) is 5.82 Å². The molecule has 9 heteroatoms. The number of carbonyl (C=O) groups excluding carboxylic acids is 1. The lowest BCUT2D eigenvalue weighted by Gasteiger charge is -2.42. The molecule has 1 atom stereocenters. The number of halogens is 1. The van der Waals surface area contributed by atoms with Crippen LogP contribution in [0.1, 0.15) is 17.3 Å². The number of piperazine rings is 1. The number of urea groups is 1. The van der Waals surface area contributed by atoms with Crippen LogP contribution in [-0.4, -0.2) is 46.4 Å². The number of carbonyl (C=O) groups is 1. The first-order chi connectivity index (χ1) is 18.5. The van der Waals surface area contributed by atoms with Gasteiger partial charge in [-0.25, -0.2) is 14.2 Å². The minimum Gasteiger partial charge on any atom is -0.338 e. The molecule has 1 saturated heterocycles. The average molecular weight is 508 g/mol. The summed E-state index contributed by atoms with van der Waals surface area (Å²) < 4.78 is 13.7. The first-order valence-electron chi connectivity index (χ1n) is 12.2. The van der Waals surface area contributed by atoms with Crippen LogP contribution in [0, 0.1) is 24.2 Å². The van der Waals surface area contributed by atoms with Gasteiger partial charge >= 0.3 is 6.03 Å². The summed E-state index contributed by atoms with van der Waals surface area (Å²) in [5.74, 6) is -0.0267. The molecule has 2 heterocycles. The van der Waals surface area contributed by atoms with E-state index < -0.39 is 5.82 Å². The average Bonchev–Trinajstić information content (AvgIpc) is 2.93. The number of nitrogens with zero attached hydrogens (tertiary/aromatic N) is 5. The molecular formula is C29H26FN7O. The molecule has 3 aromatic carbocycles. The molecule has 5 rings (SSSR count). The Morgan fingerprint density at radius 1 is 1.05 bits per heavy atom. The van der Waals surface area contributed by atoms with Gasteiger partial charge in [-0.1, -0.05) is 42.5 Å². The molecule has 8 nitrogen and oxygen atoms in total. The van der Waals surface area contributed by atoms with E-state index in [0.717, 1.165) is 22.2 Å². The van der Waals surface area contributed by atoms with E-state index in [4.69, 9.17) is 4.99 Å². The molecule has 1 aliphatic rings. The quantitative estimate of drug-likeness (QED) is 0.169. The molecule has 0 spiro atoms. The second-order valence-corrected chi connectivity index (χ2v) is 8.98. The van der Waals surface area contributed by atoms with Crippen molar-refractivity contribution in [3.05, 3.63) is 102 Å². The number of aliphatic imine (C=N–C) groups is 1. The van der Waals surface area contributed by atoms with Crippen molar-refractivity contribution in [2.75, 3.05) is 25.0 Å². The highest BCUT2D eigenvalue weighted by molar-refractivity contribution is 5.94. The van der Waals surface area contributed by atoms with Gasteiger partial charge in [0.25, 0.3) is 0 Å². The number of rotatable bonds is 3. The van der Waals surface area contributed by atoms with E-state index in [1.165, 1.54) is 12.1 Å². The van der Waals surface area contributed by atoms with Gasteiger partial charge in [-0.05, 0) is 55.0 Å². The SMILES string of the molecule is Cc1ccc2c(N=C(NC#N)N3CCN(C(=O)Nc4cccc(F)c4)C(c4ccccc4)C3)cccc2n1. The first-order valence-corrected chi connectivity index (χ1v) is 12.2. The number of amides is 2. The molecule has 1 unspecified atom stereocenters. The summed E-state index contributed by atoms with van der Waals surface area (Å²) in [7, 11) is 0. The summed E-state index contributed by atoms with van der Waals surface area (Å²) in [6.45, 7) is 3.14. The van der Waals surface area contributed by atoms with Crippen molar-refractivity contribution in [2.24, 2.45) is 4.99 Å². The number of pyridine rings is 1. The number of benzene rings is 3. The van der Waals surface area contributed by atoms with Crippen molar-refractivity contribution in [2.45, 2.75) is 13.0 Å². The van der Waals surface area contributed by atoms with Crippen LogP contribution >= 0.6 is 0 Å². The van der Waals surface area contributed by atoms with Gasteiger partial charge in [0.2, 0.25) is 5.96 Å². The molecule has 0 saturated carbocycles. The van der Waals surface area contributed by atoms with Crippen molar-refractivity contribution in [1.29, 1.82) is 5.26 Å². The zero-order valence-corrected chi connectivity index (χ0v) is 20.8. The maximum Gasteiger partial charge on any atom is 0.322 e. The fourth-order valence-electron chi connectivity index (χ4n) is 4.62. The van der Waals surface area contributed by atoms with Gasteiger partial charge in [-0.2, -0.15) is 5.26 Å². The normalized spacial score (nSPS) is 15.7. The van der Waals surface area contributed by atoms with Crippen molar-refractivity contribution < 1.29 is 9.18 Å². The largest absolute Gasteiger partial charge is 0.338 e. The number of anilines is 1. The molecule has 2 N–H and O–H groups in total. The number of nitrogens with one attached hydrogen (secondary N) is 2. The number of aromatic nitrogens is 1. The zero-order valence-electron chi connectivity index (χ0n) is 20.8. The fraction of sp³-hybridized carbons (Fsp3) is 0.172. The third-order valence-electron chi connectivity index (χ3n) is 6.44. The Hall–Kier alpha value is -4.97. The van der Waals surface area contributed by atoms with E-state index in [9.17, 15) is 14.4 Å². The van der Waals surface area contributed by atoms with Gasteiger partial charge in [0.15, 0.2) is 6.19 Å². The predicted octanol–water partition coefficient (Wildman–Crippen LogP) is 5.33. The Kier molecular flexibility index (Phi) is 7.13. The van der Waals surface area contributed by atoms with E-state index in [-0.39, 0.29) is 12.1 Å². The van der Waals surface area contributed by atoms with Gasteiger partial charge in [-0.15, -0.1) is 0 Å². The van der Waals surface area contributed by atoms with Crippen LogP contribution in [0.5, 0.6) is 0 Å². The molecule has 2 amide bonds. The molecule has 1 fully saturated rings. The lowest BCUT2D eigenvalue weighted by atomic mass is 10.0. The number of hydrogen-bond acceptors (Lipinski definition) is 4. The monoisotopic (exact) mass is 507 g/mol.